The minimum absolute atomic E-state index is 0.0295. The molecule has 0 aliphatic heterocycles. The van der Waals surface area contributed by atoms with Crippen LogP contribution in [-0.2, 0) is 4.74 Å². The molecule has 0 fully saturated rings. The quantitative estimate of drug-likeness (QED) is 0.460. The van der Waals surface area contributed by atoms with Gasteiger partial charge in [-0.05, 0) is 31.2 Å². The molecule has 9 nitrogen and oxygen atoms in total. The van der Waals surface area contributed by atoms with Gasteiger partial charge in [0.1, 0.15) is 17.1 Å². The maximum absolute atomic E-state index is 12.0. The van der Waals surface area contributed by atoms with Gasteiger partial charge >= 0.3 is 5.97 Å². The van der Waals surface area contributed by atoms with Crippen LogP contribution in [-0.4, -0.2) is 35.8 Å². The van der Waals surface area contributed by atoms with E-state index in [1.807, 2.05) is 0 Å². The van der Waals surface area contributed by atoms with E-state index in [1.165, 1.54) is 7.11 Å². The number of hydrogen-bond acceptors (Lipinski definition) is 7. The number of ether oxygens (including phenoxy) is 2. The SMILES string of the molecule is CCOC(=O)c1c(NNC(=O)c2ccc(OC)cc2)n[nH]c1N. The lowest BCUT2D eigenvalue weighted by Crippen LogP contribution is -2.30. The third-order valence-corrected chi connectivity index (χ3v) is 2.92. The monoisotopic (exact) mass is 319 g/mol. The number of rotatable bonds is 6. The van der Waals surface area contributed by atoms with Crippen LogP contribution in [0.4, 0.5) is 11.6 Å². The summed E-state index contributed by atoms with van der Waals surface area (Å²) in [5.41, 5.74) is 11.0. The molecule has 0 aliphatic rings. The number of nitrogens with zero attached hydrogens (tertiary/aromatic N) is 1. The molecule has 0 unspecified atom stereocenters. The summed E-state index contributed by atoms with van der Waals surface area (Å²) in [6.45, 7) is 1.87. The predicted molar refractivity (Wildman–Crippen MR) is 83.0 cm³/mol. The number of nitrogens with one attached hydrogen (secondary N) is 3. The topological polar surface area (TPSA) is 131 Å². The second-order valence-electron chi connectivity index (χ2n) is 4.39. The Morgan fingerprint density at radius 3 is 2.61 bits per heavy atom. The van der Waals surface area contributed by atoms with Crippen molar-refractivity contribution in [1.29, 1.82) is 0 Å². The number of nitrogen functional groups attached to an aromatic ring is 1. The average Bonchev–Trinajstić information content (AvgIpc) is 2.93. The third-order valence-electron chi connectivity index (χ3n) is 2.92. The molecule has 0 saturated heterocycles. The van der Waals surface area contributed by atoms with Crippen LogP contribution < -0.4 is 21.3 Å². The number of aromatic amines is 1. The zero-order valence-electron chi connectivity index (χ0n) is 12.7. The van der Waals surface area contributed by atoms with Gasteiger partial charge < -0.3 is 15.2 Å². The number of aromatic nitrogens is 2. The second-order valence-corrected chi connectivity index (χ2v) is 4.39. The van der Waals surface area contributed by atoms with Crippen molar-refractivity contribution in [2.75, 3.05) is 24.9 Å². The van der Waals surface area contributed by atoms with Gasteiger partial charge in [-0.3, -0.25) is 20.7 Å². The van der Waals surface area contributed by atoms with Crippen LogP contribution in [0.1, 0.15) is 27.6 Å². The lowest BCUT2D eigenvalue weighted by Gasteiger charge is -2.08. The predicted octanol–water partition coefficient (Wildman–Crippen LogP) is 0.934. The highest BCUT2D eigenvalue weighted by Gasteiger charge is 2.20. The molecule has 122 valence electrons. The highest BCUT2D eigenvalue weighted by molar-refractivity contribution is 6.00. The van der Waals surface area contributed by atoms with Crippen molar-refractivity contribution in [2.24, 2.45) is 0 Å². The minimum atomic E-state index is -0.639. The number of carbonyl (C=O) groups excluding carboxylic acids is 2. The zero-order valence-corrected chi connectivity index (χ0v) is 12.7. The molecule has 0 aliphatic carbocycles. The lowest BCUT2D eigenvalue weighted by molar-refractivity contribution is 0.0528. The summed E-state index contributed by atoms with van der Waals surface area (Å²) >= 11 is 0. The summed E-state index contributed by atoms with van der Waals surface area (Å²) in [7, 11) is 1.54. The van der Waals surface area contributed by atoms with Crippen molar-refractivity contribution < 1.29 is 19.1 Å². The number of nitrogens with two attached hydrogens (primary N) is 1. The van der Waals surface area contributed by atoms with Crippen LogP contribution in [0.2, 0.25) is 0 Å². The third kappa shape index (κ3) is 3.70. The van der Waals surface area contributed by atoms with Gasteiger partial charge in [-0.2, -0.15) is 5.10 Å². The molecule has 0 spiro atoms. The summed E-state index contributed by atoms with van der Waals surface area (Å²) in [6, 6.07) is 6.51. The second kappa shape index (κ2) is 7.16. The van der Waals surface area contributed by atoms with Crippen LogP contribution in [0, 0.1) is 0 Å². The largest absolute Gasteiger partial charge is 0.497 e. The Morgan fingerprint density at radius 2 is 2.00 bits per heavy atom. The van der Waals surface area contributed by atoms with Crippen molar-refractivity contribution in [1.82, 2.24) is 15.6 Å². The number of carbonyl (C=O) groups is 2. The Balaban J connectivity index is 2.05. The van der Waals surface area contributed by atoms with E-state index in [0.29, 0.717) is 11.3 Å². The Hall–Kier alpha value is -3.23. The fourth-order valence-electron chi connectivity index (χ4n) is 1.79. The molecule has 0 bridgehead atoms. The summed E-state index contributed by atoms with van der Waals surface area (Å²) < 4.78 is 9.90. The maximum Gasteiger partial charge on any atom is 0.345 e. The minimum Gasteiger partial charge on any atom is -0.497 e. The number of methoxy groups -OCH3 is 1. The molecule has 2 rings (SSSR count). The van der Waals surface area contributed by atoms with Gasteiger partial charge in [-0.15, -0.1) is 0 Å². The van der Waals surface area contributed by atoms with Gasteiger partial charge in [-0.25, -0.2) is 4.79 Å². The molecule has 0 atom stereocenters. The van der Waals surface area contributed by atoms with E-state index < -0.39 is 11.9 Å². The van der Waals surface area contributed by atoms with E-state index in [9.17, 15) is 9.59 Å². The Labute approximate surface area is 132 Å². The Morgan fingerprint density at radius 1 is 1.30 bits per heavy atom. The van der Waals surface area contributed by atoms with Crippen LogP contribution in [0.5, 0.6) is 5.75 Å². The summed E-state index contributed by atoms with van der Waals surface area (Å²) in [5.74, 6) is -0.296. The van der Waals surface area contributed by atoms with E-state index >= 15 is 0 Å². The van der Waals surface area contributed by atoms with E-state index in [0.717, 1.165) is 0 Å². The van der Waals surface area contributed by atoms with Crippen LogP contribution >= 0.6 is 0 Å². The molecular formula is C14H17N5O4. The molecule has 0 radical (unpaired) electrons. The normalized spacial score (nSPS) is 10.0. The van der Waals surface area contributed by atoms with Gasteiger partial charge in [0.05, 0.1) is 13.7 Å². The molecule has 1 aromatic heterocycles. The Bertz CT molecular complexity index is 696. The van der Waals surface area contributed by atoms with E-state index in [2.05, 4.69) is 21.0 Å². The molecular weight excluding hydrogens is 302 g/mol. The highest BCUT2D eigenvalue weighted by Crippen LogP contribution is 2.19. The van der Waals surface area contributed by atoms with Crippen molar-refractivity contribution in [3.8, 4) is 5.75 Å². The van der Waals surface area contributed by atoms with Crippen molar-refractivity contribution in [3.05, 3.63) is 35.4 Å². The number of anilines is 2. The first-order chi connectivity index (χ1) is 11.1. The molecule has 23 heavy (non-hydrogen) atoms. The molecule has 2 aromatic rings. The van der Waals surface area contributed by atoms with E-state index in [-0.39, 0.29) is 23.8 Å². The van der Waals surface area contributed by atoms with Crippen LogP contribution in [0.15, 0.2) is 24.3 Å². The number of esters is 1. The molecule has 5 N–H and O–H groups in total. The first kappa shape index (κ1) is 16.1. The number of H-pyrrole nitrogens is 1. The van der Waals surface area contributed by atoms with E-state index in [1.54, 1.807) is 31.2 Å². The highest BCUT2D eigenvalue weighted by atomic mass is 16.5. The molecule has 9 heteroatoms. The van der Waals surface area contributed by atoms with Gasteiger partial charge in [0.25, 0.3) is 5.91 Å². The first-order valence-electron chi connectivity index (χ1n) is 6.78. The number of hydrazine groups is 1. The van der Waals surface area contributed by atoms with Gasteiger partial charge in [-0.1, -0.05) is 0 Å². The molecule has 1 heterocycles. The molecule has 1 amide bonds. The standard InChI is InChI=1S/C14H17N5O4/c1-3-23-14(21)10-11(15)16-17-12(10)18-19-13(20)8-4-6-9(22-2)7-5-8/h4-7H,3H2,1-2H3,(H,19,20)(H4,15,16,17,18). The number of amides is 1. The van der Waals surface area contributed by atoms with Gasteiger partial charge in [0.2, 0.25) is 0 Å². The zero-order chi connectivity index (χ0) is 16.8. The number of hydrogen-bond donors (Lipinski definition) is 4. The fraction of sp³-hybridized carbons (Fsp3) is 0.214. The lowest BCUT2D eigenvalue weighted by atomic mass is 10.2. The van der Waals surface area contributed by atoms with Crippen LogP contribution in [0.3, 0.4) is 0 Å². The summed E-state index contributed by atoms with van der Waals surface area (Å²) in [6.07, 6.45) is 0. The van der Waals surface area contributed by atoms with Crippen molar-refractivity contribution in [3.63, 3.8) is 0 Å². The molecule has 1 aromatic carbocycles. The van der Waals surface area contributed by atoms with Gasteiger partial charge in [0, 0.05) is 5.56 Å². The smallest absolute Gasteiger partial charge is 0.345 e. The fourth-order valence-corrected chi connectivity index (χ4v) is 1.79. The average molecular weight is 319 g/mol. The summed E-state index contributed by atoms with van der Waals surface area (Å²) in [5, 5.41) is 6.27. The Kier molecular flexibility index (Phi) is 5.03. The maximum atomic E-state index is 12.0. The van der Waals surface area contributed by atoms with Gasteiger partial charge in [0.15, 0.2) is 5.82 Å². The van der Waals surface area contributed by atoms with Crippen molar-refractivity contribution in [2.45, 2.75) is 6.92 Å². The molecule has 0 saturated carbocycles. The first-order valence-corrected chi connectivity index (χ1v) is 6.78. The van der Waals surface area contributed by atoms with Crippen molar-refractivity contribution >= 4 is 23.5 Å². The number of benzene rings is 1. The summed E-state index contributed by atoms with van der Waals surface area (Å²) in [4.78, 5) is 23.8. The van der Waals surface area contributed by atoms with Crippen LogP contribution in [0.25, 0.3) is 0 Å². The van der Waals surface area contributed by atoms with E-state index in [4.69, 9.17) is 15.2 Å².